The fourth-order valence-corrected chi connectivity index (χ4v) is 5.59. The molecular weight excluding hydrogens is 613 g/mol. The fourth-order valence-electron chi connectivity index (χ4n) is 5.59. The summed E-state index contributed by atoms with van der Waals surface area (Å²) in [5.41, 5.74) is 6.15. The van der Waals surface area contributed by atoms with Gasteiger partial charge in [-0.15, -0.1) is 0 Å². The largest absolute Gasteiger partial charge is 0.507 e. The van der Waals surface area contributed by atoms with Crippen molar-refractivity contribution in [3.63, 3.8) is 0 Å². The first-order chi connectivity index (χ1) is 22.0. The second kappa shape index (κ2) is 12.7. The molecule has 1 unspecified atom stereocenters. The van der Waals surface area contributed by atoms with Crippen molar-refractivity contribution in [3.05, 3.63) is 60.3 Å². The van der Waals surface area contributed by atoms with Gasteiger partial charge in [0.15, 0.2) is 0 Å². The van der Waals surface area contributed by atoms with Crippen LogP contribution in [0.5, 0.6) is 5.75 Å². The molecule has 0 radical (unpaired) electrons. The third kappa shape index (κ3) is 6.84. The molecule has 1 aliphatic carbocycles. The van der Waals surface area contributed by atoms with Crippen molar-refractivity contribution in [2.24, 2.45) is 0 Å². The SMILES string of the molecule is FC1CCCN(C2COC2)C1.Nc1ncnc2c1c(-c1ccc(NC(=O)Nc3ccc(O)c(C(F)(F)F)c3)c(F)c1)cn2C1CC1. The Morgan fingerprint density at radius 3 is 2.48 bits per heavy atom. The number of nitrogens with one attached hydrogen (secondary N) is 2. The lowest BCUT2D eigenvalue weighted by Crippen LogP contribution is -2.52. The highest BCUT2D eigenvalue weighted by atomic mass is 19.4. The van der Waals surface area contributed by atoms with Crippen LogP contribution in [0.4, 0.5) is 43.9 Å². The van der Waals surface area contributed by atoms with Gasteiger partial charge in [0.25, 0.3) is 0 Å². The number of nitrogen functional groups attached to an aromatic ring is 1. The number of nitrogens with two attached hydrogens (primary N) is 1. The Kier molecular flexibility index (Phi) is 8.70. The normalized spacial score (nSPS) is 18.8. The molecule has 244 valence electrons. The van der Waals surface area contributed by atoms with Crippen LogP contribution in [0.2, 0.25) is 0 Å². The number of piperidine rings is 1. The van der Waals surface area contributed by atoms with Gasteiger partial charge in [0.1, 0.15) is 35.5 Å². The van der Waals surface area contributed by atoms with E-state index in [0.29, 0.717) is 46.9 Å². The van der Waals surface area contributed by atoms with Crippen molar-refractivity contribution in [1.82, 2.24) is 19.4 Å². The monoisotopic (exact) mass is 645 g/mol. The van der Waals surface area contributed by atoms with Crippen LogP contribution in [-0.2, 0) is 10.9 Å². The van der Waals surface area contributed by atoms with Crippen LogP contribution in [0.3, 0.4) is 0 Å². The van der Waals surface area contributed by atoms with E-state index in [0.717, 1.165) is 57.6 Å². The Balaban J connectivity index is 0.000000283. The number of fused-ring (bicyclic) bond motifs is 1. The first-order valence-electron chi connectivity index (χ1n) is 14.8. The number of rotatable bonds is 5. The number of alkyl halides is 4. The number of ether oxygens (including phenoxy) is 1. The minimum Gasteiger partial charge on any atom is -0.507 e. The predicted molar refractivity (Wildman–Crippen MR) is 162 cm³/mol. The Hall–Kier alpha value is -4.50. The predicted octanol–water partition coefficient (Wildman–Crippen LogP) is 6.34. The van der Waals surface area contributed by atoms with Crippen LogP contribution in [0.25, 0.3) is 22.2 Å². The topological polar surface area (TPSA) is 131 Å². The highest BCUT2D eigenvalue weighted by Gasteiger charge is 2.34. The first kappa shape index (κ1) is 31.5. The fraction of sp³-hybridized carbons (Fsp3) is 0.387. The third-order valence-corrected chi connectivity index (χ3v) is 8.20. The number of hydrogen-bond acceptors (Lipinski definition) is 7. The van der Waals surface area contributed by atoms with Crippen LogP contribution < -0.4 is 16.4 Å². The van der Waals surface area contributed by atoms with Crippen LogP contribution in [-0.4, -0.2) is 69.1 Å². The summed E-state index contributed by atoms with van der Waals surface area (Å²) >= 11 is 0. The number of halogens is 5. The van der Waals surface area contributed by atoms with E-state index in [4.69, 9.17) is 10.5 Å². The lowest BCUT2D eigenvalue weighted by atomic mass is 10.1. The van der Waals surface area contributed by atoms with Crippen LogP contribution in [0.15, 0.2) is 48.9 Å². The Morgan fingerprint density at radius 1 is 1.04 bits per heavy atom. The summed E-state index contributed by atoms with van der Waals surface area (Å²) in [6.45, 7) is 3.32. The van der Waals surface area contributed by atoms with Crippen LogP contribution in [0, 0.1) is 5.82 Å². The number of nitrogens with zero attached hydrogens (tertiary/aromatic N) is 4. The molecule has 4 heterocycles. The molecule has 15 heteroatoms. The molecule has 10 nitrogen and oxygen atoms in total. The molecule has 2 aliphatic heterocycles. The Bertz CT molecular complexity index is 1740. The summed E-state index contributed by atoms with van der Waals surface area (Å²) in [5.74, 6) is -1.47. The van der Waals surface area contributed by atoms with Crippen molar-refractivity contribution < 1.29 is 36.6 Å². The van der Waals surface area contributed by atoms with E-state index in [1.165, 1.54) is 18.5 Å². The number of benzene rings is 2. The molecule has 0 bridgehead atoms. The molecule has 2 aromatic carbocycles. The maximum Gasteiger partial charge on any atom is 0.420 e. The average Bonchev–Trinajstić information content (AvgIpc) is 3.74. The summed E-state index contributed by atoms with van der Waals surface area (Å²) in [4.78, 5) is 22.9. The maximum atomic E-state index is 14.9. The minimum atomic E-state index is -4.81. The molecule has 3 aliphatic rings. The highest BCUT2D eigenvalue weighted by Crippen LogP contribution is 2.42. The van der Waals surface area contributed by atoms with Gasteiger partial charge >= 0.3 is 12.2 Å². The van der Waals surface area contributed by atoms with E-state index in [1.54, 1.807) is 6.07 Å². The zero-order valence-electron chi connectivity index (χ0n) is 24.5. The summed E-state index contributed by atoms with van der Waals surface area (Å²) in [6.07, 6.45) is 1.60. The summed E-state index contributed by atoms with van der Waals surface area (Å²) in [7, 11) is 0. The molecule has 3 fully saturated rings. The van der Waals surface area contributed by atoms with Crippen molar-refractivity contribution in [2.75, 3.05) is 42.7 Å². The van der Waals surface area contributed by atoms with Gasteiger partial charge < -0.3 is 30.8 Å². The molecule has 7 rings (SSSR count). The van der Waals surface area contributed by atoms with Crippen LogP contribution >= 0.6 is 0 Å². The van der Waals surface area contributed by atoms with E-state index >= 15 is 0 Å². The Morgan fingerprint density at radius 2 is 1.83 bits per heavy atom. The quantitative estimate of drug-likeness (QED) is 0.147. The zero-order chi connectivity index (χ0) is 32.6. The zero-order valence-corrected chi connectivity index (χ0v) is 24.5. The second-order valence-electron chi connectivity index (χ2n) is 11.6. The van der Waals surface area contributed by atoms with Gasteiger partial charge in [-0.25, -0.2) is 23.5 Å². The van der Waals surface area contributed by atoms with Gasteiger partial charge in [0.2, 0.25) is 0 Å². The standard InChI is InChI=1S/C23H18F4N6O2.C8H14FNO/c24-16-7-11(14-9-33(13-3-4-13)21-19(14)20(28)29-10-30-21)1-5-17(16)32-22(35)31-12-2-6-18(34)15(8-12)23(25,26)27;9-7-2-1-3-10(4-7)8-5-11-6-8/h1-2,5-10,13,34H,3-4H2,(H2,28,29,30)(H2,31,32,35);7-8H,1-6H2. The third-order valence-electron chi connectivity index (χ3n) is 8.20. The second-order valence-corrected chi connectivity index (χ2v) is 11.6. The van der Waals surface area contributed by atoms with Crippen molar-refractivity contribution >= 4 is 34.3 Å². The number of hydrogen-bond donors (Lipinski definition) is 4. The number of likely N-dealkylation sites (tertiary alicyclic amines) is 1. The Labute approximate surface area is 260 Å². The van der Waals surface area contributed by atoms with E-state index < -0.39 is 35.5 Å². The van der Waals surface area contributed by atoms with Gasteiger partial charge in [0.05, 0.1) is 35.9 Å². The number of aromatic hydroxyl groups is 1. The minimum absolute atomic E-state index is 0.184. The van der Waals surface area contributed by atoms with Gasteiger partial charge in [-0.1, -0.05) is 6.07 Å². The van der Waals surface area contributed by atoms with Crippen molar-refractivity contribution in [1.29, 1.82) is 0 Å². The molecule has 0 spiro atoms. The van der Waals surface area contributed by atoms with Gasteiger partial charge in [-0.3, -0.25) is 4.90 Å². The van der Waals surface area contributed by atoms with E-state index in [9.17, 15) is 31.9 Å². The smallest absolute Gasteiger partial charge is 0.420 e. The van der Waals surface area contributed by atoms with E-state index in [1.807, 2.05) is 10.8 Å². The molecule has 2 aromatic heterocycles. The lowest BCUT2D eigenvalue weighted by Gasteiger charge is -2.40. The summed E-state index contributed by atoms with van der Waals surface area (Å²) < 4.78 is 73.7. The van der Waals surface area contributed by atoms with E-state index in [-0.39, 0.29) is 17.2 Å². The molecule has 5 N–H and O–H groups in total. The van der Waals surface area contributed by atoms with Crippen LogP contribution in [0.1, 0.15) is 37.3 Å². The number of anilines is 3. The van der Waals surface area contributed by atoms with Gasteiger partial charge in [0, 0.05) is 30.0 Å². The number of phenolic OH excluding ortho intramolecular Hbond substituents is 1. The molecule has 1 atom stereocenters. The van der Waals surface area contributed by atoms with Crippen molar-refractivity contribution in [3.8, 4) is 16.9 Å². The first-order valence-corrected chi connectivity index (χ1v) is 14.8. The molecule has 4 aromatic rings. The number of amides is 2. The molecule has 1 saturated carbocycles. The van der Waals surface area contributed by atoms with Gasteiger partial charge in [-0.05, 0) is 68.1 Å². The number of phenols is 1. The maximum absolute atomic E-state index is 14.9. The highest BCUT2D eigenvalue weighted by molar-refractivity contribution is 6.02. The number of aromatic nitrogens is 3. The summed E-state index contributed by atoms with van der Waals surface area (Å²) in [5, 5.41) is 14.5. The lowest BCUT2D eigenvalue weighted by molar-refractivity contribution is -0.138. The molecule has 2 saturated heterocycles. The van der Waals surface area contributed by atoms with Gasteiger partial charge in [-0.2, -0.15) is 13.2 Å². The molecule has 2 amide bonds. The average molecular weight is 646 g/mol. The summed E-state index contributed by atoms with van der Waals surface area (Å²) in [6, 6.07) is 6.47. The molecule has 46 heavy (non-hydrogen) atoms. The number of carbonyl (C=O) groups is 1. The van der Waals surface area contributed by atoms with E-state index in [2.05, 4.69) is 25.5 Å². The number of urea groups is 1. The van der Waals surface area contributed by atoms with Crippen molar-refractivity contribution in [2.45, 2.75) is 50.1 Å². The number of carbonyl (C=O) groups excluding carboxylic acids is 1. The molecular formula is C31H32F5N7O3.